The van der Waals surface area contributed by atoms with Crippen LogP contribution in [0.1, 0.15) is 31.8 Å². The molecule has 200 valence electrons. The van der Waals surface area contributed by atoms with Crippen molar-refractivity contribution >= 4 is 41.1 Å². The third-order valence-corrected chi connectivity index (χ3v) is 7.38. The number of amides is 3. The highest BCUT2D eigenvalue weighted by atomic mass is 35.5. The standard InChI is InChI=1S/C30H28ClN3O5/c1-38-25-12-5-8-21(28(25)39-2)19-34-29(36)22-9-6-11-24(27(22)30(34)37)32-15-17-33(18-16-32)26(35)14-13-20-7-3-4-10-23(20)31/h3-14H,15-19H2,1-2H3/b14-13+. The van der Waals surface area contributed by atoms with Gasteiger partial charge in [-0.3, -0.25) is 19.3 Å². The second kappa shape index (κ2) is 11.2. The molecule has 0 radical (unpaired) electrons. The molecular weight excluding hydrogens is 518 g/mol. The maximum absolute atomic E-state index is 13.6. The summed E-state index contributed by atoms with van der Waals surface area (Å²) >= 11 is 6.18. The summed E-state index contributed by atoms with van der Waals surface area (Å²) in [5, 5.41) is 0.586. The Morgan fingerprint density at radius 1 is 0.897 bits per heavy atom. The number of carbonyl (C=O) groups is 3. The minimum atomic E-state index is -0.350. The van der Waals surface area contributed by atoms with Crippen molar-refractivity contribution in [3.8, 4) is 11.5 Å². The van der Waals surface area contributed by atoms with Crippen molar-refractivity contribution in [1.82, 2.24) is 9.80 Å². The average molecular weight is 546 g/mol. The Morgan fingerprint density at radius 2 is 1.64 bits per heavy atom. The van der Waals surface area contributed by atoms with E-state index in [0.717, 1.165) is 5.56 Å². The highest BCUT2D eigenvalue weighted by molar-refractivity contribution is 6.32. The molecule has 3 amide bonds. The predicted molar refractivity (Wildman–Crippen MR) is 149 cm³/mol. The molecule has 2 aliphatic rings. The fourth-order valence-corrected chi connectivity index (χ4v) is 5.21. The number of rotatable bonds is 7. The molecule has 0 unspecified atom stereocenters. The summed E-state index contributed by atoms with van der Waals surface area (Å²) in [5.74, 6) is 0.219. The number of imide groups is 1. The van der Waals surface area contributed by atoms with Crippen molar-refractivity contribution in [2.45, 2.75) is 6.54 Å². The number of fused-ring (bicyclic) bond motifs is 1. The molecule has 39 heavy (non-hydrogen) atoms. The van der Waals surface area contributed by atoms with Gasteiger partial charge in [-0.05, 0) is 35.9 Å². The van der Waals surface area contributed by atoms with Gasteiger partial charge in [0.25, 0.3) is 11.8 Å². The van der Waals surface area contributed by atoms with Crippen molar-refractivity contribution < 1.29 is 23.9 Å². The molecule has 1 fully saturated rings. The quantitative estimate of drug-likeness (QED) is 0.321. The van der Waals surface area contributed by atoms with E-state index in [4.69, 9.17) is 21.1 Å². The smallest absolute Gasteiger partial charge is 0.263 e. The van der Waals surface area contributed by atoms with Crippen LogP contribution in [0, 0.1) is 0 Å². The maximum atomic E-state index is 13.6. The molecule has 3 aromatic rings. The van der Waals surface area contributed by atoms with Gasteiger partial charge in [-0.25, -0.2) is 0 Å². The molecule has 0 aromatic heterocycles. The molecule has 8 nitrogen and oxygen atoms in total. The zero-order valence-electron chi connectivity index (χ0n) is 21.7. The molecule has 1 saturated heterocycles. The van der Waals surface area contributed by atoms with Gasteiger partial charge in [0.2, 0.25) is 5.91 Å². The van der Waals surface area contributed by atoms with E-state index in [1.165, 1.54) is 18.1 Å². The van der Waals surface area contributed by atoms with E-state index in [1.54, 1.807) is 48.4 Å². The van der Waals surface area contributed by atoms with Crippen LogP contribution in [-0.4, -0.2) is 67.9 Å². The van der Waals surface area contributed by atoms with Gasteiger partial charge < -0.3 is 19.3 Å². The summed E-state index contributed by atoms with van der Waals surface area (Å²) in [6.45, 7) is 2.11. The van der Waals surface area contributed by atoms with Crippen LogP contribution in [0.25, 0.3) is 6.08 Å². The van der Waals surface area contributed by atoms with Gasteiger partial charge in [0.1, 0.15) is 0 Å². The Balaban J connectivity index is 1.30. The molecule has 0 saturated carbocycles. The summed E-state index contributed by atoms with van der Waals surface area (Å²) in [7, 11) is 3.07. The third-order valence-electron chi connectivity index (χ3n) is 7.03. The molecule has 0 N–H and O–H groups in total. The Bertz CT molecular complexity index is 1460. The van der Waals surface area contributed by atoms with E-state index in [-0.39, 0.29) is 24.3 Å². The molecular formula is C30H28ClN3O5. The van der Waals surface area contributed by atoms with E-state index in [0.29, 0.717) is 65.1 Å². The van der Waals surface area contributed by atoms with Crippen LogP contribution in [0.4, 0.5) is 5.69 Å². The Hall–Kier alpha value is -4.30. The number of hydrogen-bond acceptors (Lipinski definition) is 6. The number of halogens is 1. The van der Waals surface area contributed by atoms with Crippen molar-refractivity contribution in [3.05, 3.63) is 94.0 Å². The SMILES string of the molecule is COc1cccc(CN2C(=O)c3cccc(N4CCN(C(=O)/C=C/c5ccccc5Cl)CC4)c3C2=O)c1OC. The number of anilines is 1. The van der Waals surface area contributed by atoms with Crippen LogP contribution in [0.5, 0.6) is 11.5 Å². The number of para-hydroxylation sites is 1. The van der Waals surface area contributed by atoms with E-state index >= 15 is 0 Å². The Kier molecular flexibility index (Phi) is 7.56. The monoisotopic (exact) mass is 545 g/mol. The number of ether oxygens (including phenoxy) is 2. The second-order valence-corrected chi connectivity index (χ2v) is 9.62. The van der Waals surface area contributed by atoms with Gasteiger partial charge in [-0.15, -0.1) is 0 Å². The van der Waals surface area contributed by atoms with Gasteiger partial charge in [-0.1, -0.05) is 48.0 Å². The highest BCUT2D eigenvalue weighted by Gasteiger charge is 2.39. The first-order valence-electron chi connectivity index (χ1n) is 12.6. The predicted octanol–water partition coefficient (Wildman–Crippen LogP) is 4.52. The van der Waals surface area contributed by atoms with Crippen LogP contribution in [0.3, 0.4) is 0 Å². The Morgan fingerprint density at radius 3 is 2.36 bits per heavy atom. The van der Waals surface area contributed by atoms with Crippen LogP contribution in [0.2, 0.25) is 5.02 Å². The van der Waals surface area contributed by atoms with Crippen molar-refractivity contribution in [2.75, 3.05) is 45.3 Å². The van der Waals surface area contributed by atoms with Crippen LogP contribution >= 0.6 is 11.6 Å². The fraction of sp³-hybridized carbons (Fsp3) is 0.233. The molecule has 0 spiro atoms. The fourth-order valence-electron chi connectivity index (χ4n) is 5.02. The van der Waals surface area contributed by atoms with Gasteiger partial charge in [0, 0.05) is 42.8 Å². The zero-order valence-corrected chi connectivity index (χ0v) is 22.5. The molecule has 3 aromatic carbocycles. The van der Waals surface area contributed by atoms with Crippen molar-refractivity contribution in [1.29, 1.82) is 0 Å². The van der Waals surface area contributed by atoms with E-state index in [9.17, 15) is 14.4 Å². The zero-order chi connectivity index (χ0) is 27.5. The minimum Gasteiger partial charge on any atom is -0.493 e. The first kappa shape index (κ1) is 26.3. The van der Waals surface area contributed by atoms with Crippen LogP contribution in [-0.2, 0) is 11.3 Å². The Labute approximate surface area is 232 Å². The van der Waals surface area contributed by atoms with E-state index in [2.05, 4.69) is 4.90 Å². The van der Waals surface area contributed by atoms with Gasteiger partial charge >= 0.3 is 0 Å². The molecule has 0 aliphatic carbocycles. The van der Waals surface area contributed by atoms with Crippen LogP contribution < -0.4 is 14.4 Å². The largest absolute Gasteiger partial charge is 0.493 e. The summed E-state index contributed by atoms with van der Waals surface area (Å²) in [5.41, 5.74) is 2.92. The number of methoxy groups -OCH3 is 2. The molecule has 0 atom stereocenters. The highest BCUT2D eigenvalue weighted by Crippen LogP contribution is 2.36. The maximum Gasteiger partial charge on any atom is 0.263 e. The van der Waals surface area contributed by atoms with Gasteiger partial charge in [0.15, 0.2) is 11.5 Å². The first-order valence-corrected chi connectivity index (χ1v) is 13.0. The van der Waals surface area contributed by atoms with Crippen molar-refractivity contribution in [3.63, 3.8) is 0 Å². The summed E-state index contributed by atoms with van der Waals surface area (Å²) in [6.07, 6.45) is 3.25. The first-order chi connectivity index (χ1) is 18.9. The lowest BCUT2D eigenvalue weighted by molar-refractivity contribution is -0.126. The third kappa shape index (κ3) is 5.07. The van der Waals surface area contributed by atoms with E-state index in [1.807, 2.05) is 30.3 Å². The minimum absolute atomic E-state index is 0.0617. The molecule has 5 rings (SSSR count). The average Bonchev–Trinajstić information content (AvgIpc) is 3.21. The van der Waals surface area contributed by atoms with Crippen molar-refractivity contribution in [2.24, 2.45) is 0 Å². The number of carbonyl (C=O) groups excluding carboxylic acids is 3. The van der Waals surface area contributed by atoms with Gasteiger partial charge in [0.05, 0.1) is 37.6 Å². The lowest BCUT2D eigenvalue weighted by atomic mass is 10.1. The summed E-state index contributed by atoms with van der Waals surface area (Å²) < 4.78 is 10.9. The topological polar surface area (TPSA) is 79.4 Å². The lowest BCUT2D eigenvalue weighted by Gasteiger charge is -2.36. The summed E-state index contributed by atoms with van der Waals surface area (Å²) in [4.78, 5) is 44.7. The molecule has 9 heteroatoms. The molecule has 2 aliphatic heterocycles. The summed E-state index contributed by atoms with van der Waals surface area (Å²) in [6, 6.07) is 18.0. The number of hydrogen-bond donors (Lipinski definition) is 0. The van der Waals surface area contributed by atoms with E-state index < -0.39 is 0 Å². The lowest BCUT2D eigenvalue weighted by Crippen LogP contribution is -2.48. The number of piperazine rings is 1. The van der Waals surface area contributed by atoms with Gasteiger partial charge in [-0.2, -0.15) is 0 Å². The number of nitrogens with zero attached hydrogens (tertiary/aromatic N) is 3. The second-order valence-electron chi connectivity index (χ2n) is 9.22. The molecule has 0 bridgehead atoms. The molecule has 2 heterocycles. The normalized spacial score (nSPS) is 15.2. The van der Waals surface area contributed by atoms with Crippen LogP contribution in [0.15, 0.2) is 66.7 Å². The number of benzene rings is 3.